The van der Waals surface area contributed by atoms with Gasteiger partial charge < -0.3 is 15.0 Å². The molecule has 0 aromatic carbocycles. The molecule has 0 bridgehead atoms. The fourth-order valence-electron chi connectivity index (χ4n) is 2.23. The number of nitrogens with one attached hydrogen (secondary N) is 1. The van der Waals surface area contributed by atoms with Gasteiger partial charge in [0, 0.05) is 18.6 Å². The smallest absolute Gasteiger partial charge is 0.0723 e. The summed E-state index contributed by atoms with van der Waals surface area (Å²) in [5, 5.41) is 3.20. The molecule has 1 aromatic heterocycles. The van der Waals surface area contributed by atoms with Crippen LogP contribution in [0.4, 0.5) is 5.69 Å². The Morgan fingerprint density at radius 1 is 1.44 bits per heavy atom. The number of ether oxygens (including phenoxy) is 1. The molecule has 0 radical (unpaired) electrons. The summed E-state index contributed by atoms with van der Waals surface area (Å²) in [6.45, 7) is 8.14. The number of morpholine rings is 1. The molecule has 1 aromatic rings. The Hall–Kier alpha value is -1.13. The van der Waals surface area contributed by atoms with Gasteiger partial charge in [0.05, 0.1) is 30.3 Å². The van der Waals surface area contributed by atoms with E-state index in [0.717, 1.165) is 18.8 Å². The monoisotopic (exact) mass is 249 g/mol. The minimum absolute atomic E-state index is 0.289. The Bertz CT molecular complexity index is 379. The molecule has 1 aliphatic rings. The Kier molecular flexibility index (Phi) is 4.19. The third kappa shape index (κ3) is 2.82. The van der Waals surface area contributed by atoms with Gasteiger partial charge in [-0.05, 0) is 40.0 Å². The van der Waals surface area contributed by atoms with Crippen molar-refractivity contribution in [1.29, 1.82) is 0 Å². The summed E-state index contributed by atoms with van der Waals surface area (Å²) in [6.07, 6.45) is 2.26. The Morgan fingerprint density at radius 3 is 2.83 bits per heavy atom. The van der Waals surface area contributed by atoms with Gasteiger partial charge in [-0.15, -0.1) is 0 Å². The van der Waals surface area contributed by atoms with Crippen LogP contribution in [0.3, 0.4) is 0 Å². The van der Waals surface area contributed by atoms with E-state index in [4.69, 9.17) is 4.74 Å². The predicted octanol–water partition coefficient (Wildman–Crippen LogP) is 1.98. The maximum absolute atomic E-state index is 5.65. The van der Waals surface area contributed by atoms with Gasteiger partial charge in [-0.25, -0.2) is 0 Å². The van der Waals surface area contributed by atoms with Gasteiger partial charge in [-0.1, -0.05) is 0 Å². The lowest BCUT2D eigenvalue weighted by molar-refractivity contribution is 0.0343. The summed E-state index contributed by atoms with van der Waals surface area (Å²) in [5.74, 6) is 0. The van der Waals surface area contributed by atoms with Crippen LogP contribution in [-0.2, 0) is 4.74 Å². The molecule has 0 saturated carbocycles. The first kappa shape index (κ1) is 13.3. The number of nitrogens with zero attached hydrogens (tertiary/aromatic N) is 2. The van der Waals surface area contributed by atoms with E-state index in [1.165, 1.54) is 5.69 Å². The number of hydrogen-bond acceptors (Lipinski definition) is 4. The molecule has 1 N–H and O–H groups in total. The molecule has 1 fully saturated rings. The molecule has 2 heterocycles. The highest BCUT2D eigenvalue weighted by atomic mass is 16.5. The van der Waals surface area contributed by atoms with Crippen LogP contribution in [0.5, 0.6) is 0 Å². The normalized spacial score (nSPS) is 26.1. The molecular weight excluding hydrogens is 226 g/mol. The number of rotatable bonds is 3. The van der Waals surface area contributed by atoms with Crippen LogP contribution < -0.4 is 10.2 Å². The van der Waals surface area contributed by atoms with Gasteiger partial charge in [0.15, 0.2) is 0 Å². The summed E-state index contributed by atoms with van der Waals surface area (Å²) in [6, 6.07) is 4.96. The summed E-state index contributed by atoms with van der Waals surface area (Å²) < 4.78 is 5.65. The fraction of sp³-hybridized carbons (Fsp3) is 0.643. The van der Waals surface area contributed by atoms with E-state index in [2.05, 4.69) is 48.1 Å². The van der Waals surface area contributed by atoms with Gasteiger partial charge in [0.2, 0.25) is 0 Å². The number of hydrogen-bond donors (Lipinski definition) is 1. The maximum atomic E-state index is 5.65. The van der Waals surface area contributed by atoms with Crippen molar-refractivity contribution in [2.45, 2.75) is 39.0 Å². The first-order valence-electron chi connectivity index (χ1n) is 6.63. The highest BCUT2D eigenvalue weighted by Gasteiger charge is 2.23. The van der Waals surface area contributed by atoms with Crippen LogP contribution in [0.2, 0.25) is 0 Å². The van der Waals surface area contributed by atoms with Gasteiger partial charge in [-0.2, -0.15) is 0 Å². The quantitative estimate of drug-likeness (QED) is 0.889. The molecule has 18 heavy (non-hydrogen) atoms. The molecule has 3 atom stereocenters. The Labute approximate surface area is 109 Å². The second-order valence-electron chi connectivity index (χ2n) is 5.10. The second kappa shape index (κ2) is 5.67. The Balaban J connectivity index is 2.13. The predicted molar refractivity (Wildman–Crippen MR) is 73.9 cm³/mol. The average molecular weight is 249 g/mol. The van der Waals surface area contributed by atoms with Crippen molar-refractivity contribution in [3.63, 3.8) is 0 Å². The second-order valence-corrected chi connectivity index (χ2v) is 5.10. The molecule has 3 unspecified atom stereocenters. The largest absolute Gasteiger partial charge is 0.375 e. The zero-order chi connectivity index (χ0) is 13.1. The van der Waals surface area contributed by atoms with E-state index in [1.54, 1.807) is 0 Å². The zero-order valence-electron chi connectivity index (χ0n) is 11.7. The molecule has 100 valence electrons. The van der Waals surface area contributed by atoms with E-state index in [-0.39, 0.29) is 6.10 Å². The van der Waals surface area contributed by atoms with Crippen molar-refractivity contribution in [1.82, 2.24) is 10.3 Å². The third-order valence-electron chi connectivity index (χ3n) is 3.59. The topological polar surface area (TPSA) is 37.4 Å². The third-order valence-corrected chi connectivity index (χ3v) is 3.59. The van der Waals surface area contributed by atoms with E-state index >= 15 is 0 Å². The maximum Gasteiger partial charge on any atom is 0.0723 e. The lowest BCUT2D eigenvalue weighted by atomic mass is 10.1. The van der Waals surface area contributed by atoms with Crippen LogP contribution in [0.15, 0.2) is 18.3 Å². The molecule has 0 spiro atoms. The van der Waals surface area contributed by atoms with Crippen LogP contribution in [0.25, 0.3) is 0 Å². The Morgan fingerprint density at radius 2 is 2.22 bits per heavy atom. The number of aromatic nitrogens is 1. The van der Waals surface area contributed by atoms with Crippen molar-refractivity contribution in [2.24, 2.45) is 0 Å². The van der Waals surface area contributed by atoms with E-state index < -0.39 is 0 Å². The minimum Gasteiger partial charge on any atom is -0.375 e. The van der Waals surface area contributed by atoms with Crippen LogP contribution in [0.1, 0.15) is 32.5 Å². The molecule has 0 aliphatic carbocycles. The number of anilines is 1. The van der Waals surface area contributed by atoms with Crippen LogP contribution in [-0.4, -0.2) is 37.3 Å². The molecule has 2 rings (SSSR count). The SMILES string of the molecule is CNC(C)c1ccc(N2CC(C)OCC2C)cn1. The summed E-state index contributed by atoms with van der Waals surface area (Å²) in [7, 11) is 1.95. The lowest BCUT2D eigenvalue weighted by Crippen LogP contribution is -2.47. The zero-order valence-corrected chi connectivity index (χ0v) is 11.7. The minimum atomic E-state index is 0.289. The van der Waals surface area contributed by atoms with Crippen LogP contribution >= 0.6 is 0 Å². The van der Waals surface area contributed by atoms with Crippen LogP contribution in [0, 0.1) is 0 Å². The average Bonchev–Trinajstić information content (AvgIpc) is 2.41. The molecule has 1 aliphatic heterocycles. The van der Waals surface area contributed by atoms with Gasteiger partial charge >= 0.3 is 0 Å². The first-order chi connectivity index (χ1) is 8.61. The van der Waals surface area contributed by atoms with Crippen molar-refractivity contribution in [2.75, 3.05) is 25.1 Å². The molecule has 4 heteroatoms. The van der Waals surface area contributed by atoms with Crippen molar-refractivity contribution in [3.05, 3.63) is 24.0 Å². The van der Waals surface area contributed by atoms with Crippen molar-refractivity contribution >= 4 is 5.69 Å². The molecule has 1 saturated heterocycles. The lowest BCUT2D eigenvalue weighted by Gasteiger charge is -2.38. The summed E-state index contributed by atoms with van der Waals surface area (Å²) in [4.78, 5) is 6.91. The molecule has 4 nitrogen and oxygen atoms in total. The highest BCUT2D eigenvalue weighted by molar-refractivity contribution is 5.46. The first-order valence-corrected chi connectivity index (χ1v) is 6.63. The summed E-state index contributed by atoms with van der Waals surface area (Å²) in [5.41, 5.74) is 2.26. The number of pyridine rings is 1. The van der Waals surface area contributed by atoms with Gasteiger partial charge in [0.1, 0.15) is 0 Å². The summed E-state index contributed by atoms with van der Waals surface area (Å²) >= 11 is 0. The van der Waals surface area contributed by atoms with E-state index in [9.17, 15) is 0 Å². The fourth-order valence-corrected chi connectivity index (χ4v) is 2.23. The van der Waals surface area contributed by atoms with Crippen molar-refractivity contribution < 1.29 is 4.74 Å². The molecule has 0 amide bonds. The van der Waals surface area contributed by atoms with E-state index in [1.807, 2.05) is 13.2 Å². The molecular formula is C14H23N3O. The van der Waals surface area contributed by atoms with Gasteiger partial charge in [0.25, 0.3) is 0 Å². The van der Waals surface area contributed by atoms with Gasteiger partial charge in [-0.3, -0.25) is 4.98 Å². The van der Waals surface area contributed by atoms with E-state index in [0.29, 0.717) is 12.1 Å². The van der Waals surface area contributed by atoms with Crippen molar-refractivity contribution in [3.8, 4) is 0 Å². The highest BCUT2D eigenvalue weighted by Crippen LogP contribution is 2.22. The standard InChI is InChI=1S/C14H23N3O/c1-10-9-18-11(2)8-17(10)13-5-6-14(16-7-13)12(3)15-4/h5-7,10-12,15H,8-9H2,1-4H3.